The van der Waals surface area contributed by atoms with Gasteiger partial charge in [0.25, 0.3) is 0 Å². The van der Waals surface area contributed by atoms with Gasteiger partial charge in [-0.15, -0.1) is 0 Å². The average Bonchev–Trinajstić information content (AvgIpc) is 3.19. The highest BCUT2D eigenvalue weighted by molar-refractivity contribution is 7.08. The standard InChI is InChI=1S/C16H17ClN2OS/c17-14-3-1-11(2-4-14)15(13-6-8-21-10-13)19-16(20)12-5-7-18-9-12/h1-4,6,8,10,12,15,18H,5,7,9H2,(H,19,20). The number of hydrogen-bond donors (Lipinski definition) is 2. The highest BCUT2D eigenvalue weighted by Gasteiger charge is 2.25. The van der Waals surface area contributed by atoms with E-state index in [0.29, 0.717) is 5.02 Å². The molecule has 2 heterocycles. The lowest BCUT2D eigenvalue weighted by Crippen LogP contribution is -2.35. The minimum absolute atomic E-state index is 0.0680. The smallest absolute Gasteiger partial charge is 0.225 e. The molecule has 0 spiro atoms. The number of rotatable bonds is 4. The van der Waals surface area contributed by atoms with Crippen LogP contribution in [0, 0.1) is 5.92 Å². The van der Waals surface area contributed by atoms with Crippen LogP contribution in [0.5, 0.6) is 0 Å². The fraction of sp³-hybridized carbons (Fsp3) is 0.312. The van der Waals surface area contributed by atoms with Crippen molar-refractivity contribution in [3.05, 3.63) is 57.2 Å². The number of carbonyl (C=O) groups excluding carboxylic acids is 1. The molecule has 1 amide bonds. The summed E-state index contributed by atoms with van der Waals surface area (Å²) in [5, 5.41) is 11.2. The summed E-state index contributed by atoms with van der Waals surface area (Å²) in [5.41, 5.74) is 2.17. The van der Waals surface area contributed by atoms with Gasteiger partial charge in [-0.2, -0.15) is 11.3 Å². The van der Waals surface area contributed by atoms with Crippen LogP contribution >= 0.6 is 22.9 Å². The van der Waals surface area contributed by atoms with E-state index in [2.05, 4.69) is 22.1 Å². The predicted octanol–water partition coefficient (Wildman–Crippen LogP) is 3.22. The minimum Gasteiger partial charge on any atom is -0.345 e. The van der Waals surface area contributed by atoms with Gasteiger partial charge in [-0.05, 0) is 53.1 Å². The maximum atomic E-state index is 12.4. The Morgan fingerprint density at radius 2 is 2.10 bits per heavy atom. The first-order valence-electron chi connectivity index (χ1n) is 7.02. The van der Waals surface area contributed by atoms with Gasteiger partial charge < -0.3 is 10.6 Å². The molecular weight excluding hydrogens is 304 g/mol. The molecule has 2 unspecified atom stereocenters. The first-order chi connectivity index (χ1) is 10.2. The molecule has 1 saturated heterocycles. The molecule has 21 heavy (non-hydrogen) atoms. The monoisotopic (exact) mass is 320 g/mol. The third-order valence-electron chi connectivity index (χ3n) is 3.80. The first kappa shape index (κ1) is 14.6. The molecule has 1 aromatic heterocycles. The molecule has 1 aliphatic heterocycles. The molecule has 2 atom stereocenters. The topological polar surface area (TPSA) is 41.1 Å². The Bertz CT molecular complexity index is 591. The molecule has 0 bridgehead atoms. The summed E-state index contributed by atoms with van der Waals surface area (Å²) in [6.07, 6.45) is 0.906. The van der Waals surface area contributed by atoms with Crippen LogP contribution in [0.25, 0.3) is 0 Å². The average molecular weight is 321 g/mol. The molecule has 0 aliphatic carbocycles. The Hall–Kier alpha value is -1.36. The molecule has 1 aliphatic rings. The van der Waals surface area contributed by atoms with E-state index in [1.54, 1.807) is 11.3 Å². The van der Waals surface area contributed by atoms with E-state index in [0.717, 1.165) is 30.6 Å². The highest BCUT2D eigenvalue weighted by Crippen LogP contribution is 2.26. The molecule has 0 saturated carbocycles. The van der Waals surface area contributed by atoms with Crippen LogP contribution in [0.3, 0.4) is 0 Å². The largest absolute Gasteiger partial charge is 0.345 e. The maximum Gasteiger partial charge on any atom is 0.225 e. The van der Waals surface area contributed by atoms with Gasteiger partial charge in [0.1, 0.15) is 0 Å². The fourth-order valence-corrected chi connectivity index (χ4v) is 3.40. The van der Waals surface area contributed by atoms with Crippen LogP contribution < -0.4 is 10.6 Å². The summed E-state index contributed by atoms with van der Waals surface area (Å²) < 4.78 is 0. The maximum absolute atomic E-state index is 12.4. The van der Waals surface area contributed by atoms with Crippen LogP contribution in [-0.4, -0.2) is 19.0 Å². The van der Waals surface area contributed by atoms with Crippen molar-refractivity contribution >= 4 is 28.8 Å². The van der Waals surface area contributed by atoms with Gasteiger partial charge >= 0.3 is 0 Å². The highest BCUT2D eigenvalue weighted by atomic mass is 35.5. The number of carbonyl (C=O) groups is 1. The van der Waals surface area contributed by atoms with Crippen molar-refractivity contribution < 1.29 is 4.79 Å². The molecule has 2 N–H and O–H groups in total. The zero-order valence-electron chi connectivity index (χ0n) is 11.5. The Kier molecular flexibility index (Phi) is 4.58. The fourth-order valence-electron chi connectivity index (χ4n) is 2.59. The second-order valence-electron chi connectivity index (χ2n) is 5.24. The first-order valence-corrected chi connectivity index (χ1v) is 8.35. The predicted molar refractivity (Wildman–Crippen MR) is 86.7 cm³/mol. The zero-order valence-corrected chi connectivity index (χ0v) is 13.1. The Morgan fingerprint density at radius 3 is 2.71 bits per heavy atom. The number of nitrogens with one attached hydrogen (secondary N) is 2. The van der Waals surface area contributed by atoms with Crippen molar-refractivity contribution in [2.45, 2.75) is 12.5 Å². The van der Waals surface area contributed by atoms with Crippen LogP contribution in [0.15, 0.2) is 41.1 Å². The third kappa shape index (κ3) is 3.46. The van der Waals surface area contributed by atoms with Crippen LogP contribution in [0.4, 0.5) is 0 Å². The van der Waals surface area contributed by atoms with E-state index in [4.69, 9.17) is 11.6 Å². The molecule has 2 aromatic rings. The summed E-state index contributed by atoms with van der Waals surface area (Å²) in [4.78, 5) is 12.4. The molecular formula is C16H17ClN2OS. The van der Waals surface area contributed by atoms with Gasteiger partial charge in [-0.3, -0.25) is 4.79 Å². The Balaban J connectivity index is 1.82. The molecule has 1 fully saturated rings. The summed E-state index contributed by atoms with van der Waals surface area (Å²) in [5.74, 6) is 0.185. The number of hydrogen-bond acceptors (Lipinski definition) is 3. The molecule has 5 heteroatoms. The van der Waals surface area contributed by atoms with Gasteiger partial charge in [0.15, 0.2) is 0 Å². The molecule has 3 nitrogen and oxygen atoms in total. The van der Waals surface area contributed by atoms with Crippen molar-refractivity contribution in [1.29, 1.82) is 0 Å². The van der Waals surface area contributed by atoms with Crippen molar-refractivity contribution in [3.63, 3.8) is 0 Å². The van der Waals surface area contributed by atoms with E-state index in [9.17, 15) is 4.79 Å². The second-order valence-corrected chi connectivity index (χ2v) is 6.46. The van der Waals surface area contributed by atoms with E-state index >= 15 is 0 Å². The van der Waals surface area contributed by atoms with Gasteiger partial charge in [0, 0.05) is 11.6 Å². The van der Waals surface area contributed by atoms with E-state index in [-0.39, 0.29) is 17.9 Å². The lowest BCUT2D eigenvalue weighted by molar-refractivity contribution is -0.124. The van der Waals surface area contributed by atoms with Crippen molar-refractivity contribution in [2.24, 2.45) is 5.92 Å². The van der Waals surface area contributed by atoms with Gasteiger partial charge in [-0.25, -0.2) is 0 Å². The molecule has 0 radical (unpaired) electrons. The summed E-state index contributed by atoms with van der Waals surface area (Å²) in [7, 11) is 0. The molecule has 3 rings (SSSR count). The van der Waals surface area contributed by atoms with E-state index in [1.807, 2.05) is 29.6 Å². The summed E-state index contributed by atoms with van der Waals surface area (Å²) >= 11 is 7.59. The quantitative estimate of drug-likeness (QED) is 0.908. The lowest BCUT2D eigenvalue weighted by Gasteiger charge is -2.20. The lowest BCUT2D eigenvalue weighted by atomic mass is 9.99. The Morgan fingerprint density at radius 1 is 1.29 bits per heavy atom. The van der Waals surface area contributed by atoms with Gasteiger partial charge in [0.05, 0.1) is 12.0 Å². The SMILES string of the molecule is O=C(NC(c1ccc(Cl)cc1)c1ccsc1)C1CCNC1. The summed E-state index contributed by atoms with van der Waals surface area (Å²) in [6.45, 7) is 1.69. The van der Waals surface area contributed by atoms with Crippen LogP contribution in [-0.2, 0) is 4.79 Å². The molecule has 110 valence electrons. The van der Waals surface area contributed by atoms with Crippen LogP contribution in [0.1, 0.15) is 23.6 Å². The van der Waals surface area contributed by atoms with Gasteiger partial charge in [-0.1, -0.05) is 23.7 Å². The zero-order chi connectivity index (χ0) is 14.7. The van der Waals surface area contributed by atoms with Crippen molar-refractivity contribution in [3.8, 4) is 0 Å². The van der Waals surface area contributed by atoms with Gasteiger partial charge in [0.2, 0.25) is 5.91 Å². The number of amides is 1. The van der Waals surface area contributed by atoms with Crippen molar-refractivity contribution in [2.75, 3.05) is 13.1 Å². The van der Waals surface area contributed by atoms with E-state index in [1.165, 1.54) is 0 Å². The molecule has 1 aromatic carbocycles. The normalized spacial score (nSPS) is 19.4. The number of halogens is 1. The van der Waals surface area contributed by atoms with Crippen molar-refractivity contribution in [1.82, 2.24) is 10.6 Å². The number of thiophene rings is 1. The van der Waals surface area contributed by atoms with E-state index < -0.39 is 0 Å². The Labute approximate surface area is 133 Å². The summed E-state index contributed by atoms with van der Waals surface area (Å²) in [6, 6.07) is 9.60. The van der Waals surface area contributed by atoms with Crippen LogP contribution in [0.2, 0.25) is 5.02 Å². The third-order valence-corrected chi connectivity index (χ3v) is 4.75. The second kappa shape index (κ2) is 6.60. The number of benzene rings is 1. The minimum atomic E-state index is -0.110.